The predicted octanol–water partition coefficient (Wildman–Crippen LogP) is 3.05. The van der Waals surface area contributed by atoms with Gasteiger partial charge in [-0.2, -0.15) is 0 Å². The van der Waals surface area contributed by atoms with Gasteiger partial charge in [0, 0.05) is 12.5 Å². The van der Waals surface area contributed by atoms with Gasteiger partial charge in [0.15, 0.2) is 0 Å². The van der Waals surface area contributed by atoms with Crippen molar-refractivity contribution in [2.45, 2.75) is 57.9 Å². The van der Waals surface area contributed by atoms with Crippen LogP contribution in [0.5, 0.6) is 0 Å². The van der Waals surface area contributed by atoms with Gasteiger partial charge in [0.1, 0.15) is 5.76 Å². The molecule has 0 fully saturated rings. The summed E-state index contributed by atoms with van der Waals surface area (Å²) < 4.78 is 5.45. The van der Waals surface area contributed by atoms with E-state index in [1.54, 1.807) is 0 Å². The first-order valence-corrected chi connectivity index (χ1v) is 9.33. The highest BCUT2D eigenvalue weighted by Gasteiger charge is 2.31. The number of nitrogens with zero attached hydrogens (tertiary/aromatic N) is 1. The Morgan fingerprint density at radius 3 is 2.38 bits per heavy atom. The van der Waals surface area contributed by atoms with E-state index in [1.807, 2.05) is 12.1 Å². The zero-order valence-corrected chi connectivity index (χ0v) is 16.1. The topological polar surface area (TPSA) is 92.5 Å². The molecule has 0 saturated carbocycles. The van der Waals surface area contributed by atoms with E-state index in [9.17, 15) is 10.2 Å². The number of aryl methyl sites for hydroxylation is 1. The zero-order chi connectivity index (χ0) is 19.2. The van der Waals surface area contributed by atoms with E-state index in [2.05, 4.69) is 50.2 Å². The number of aliphatic hydroxyl groups excluding tert-OH is 2. The molecule has 144 valence electrons. The van der Waals surface area contributed by atoms with Gasteiger partial charge in [-0.15, -0.1) is 0 Å². The van der Waals surface area contributed by atoms with Gasteiger partial charge in [0.2, 0.25) is 0 Å². The highest BCUT2D eigenvalue weighted by molar-refractivity contribution is 5.22. The number of hydrogen-bond donors (Lipinski definition) is 3. The van der Waals surface area contributed by atoms with Crippen LogP contribution in [0.25, 0.3) is 0 Å². The summed E-state index contributed by atoms with van der Waals surface area (Å²) in [5, 5.41) is 22.8. The van der Waals surface area contributed by atoms with Crippen LogP contribution in [-0.2, 0) is 12.8 Å². The van der Waals surface area contributed by atoms with Gasteiger partial charge < -0.3 is 20.5 Å². The molecule has 0 aliphatic carbocycles. The second-order valence-electron chi connectivity index (χ2n) is 8.00. The Labute approximate surface area is 156 Å². The smallest absolute Gasteiger partial charge is 0.137 e. The van der Waals surface area contributed by atoms with Crippen LogP contribution in [0, 0.1) is 5.41 Å². The summed E-state index contributed by atoms with van der Waals surface area (Å²) >= 11 is 0. The maximum absolute atomic E-state index is 9.29. The molecule has 0 spiro atoms. The van der Waals surface area contributed by atoms with Crippen molar-refractivity contribution in [3.05, 3.63) is 53.4 Å². The molecular formula is C21H32N2O3. The van der Waals surface area contributed by atoms with Crippen molar-refractivity contribution >= 4 is 0 Å². The quantitative estimate of drug-likeness (QED) is 0.605. The van der Waals surface area contributed by atoms with Crippen LogP contribution in [0.15, 0.2) is 40.9 Å². The number of benzene rings is 1. The van der Waals surface area contributed by atoms with Gasteiger partial charge in [-0.1, -0.05) is 56.3 Å². The van der Waals surface area contributed by atoms with Gasteiger partial charge in [0.25, 0.3) is 0 Å². The van der Waals surface area contributed by atoms with Crippen LogP contribution in [0.1, 0.15) is 56.5 Å². The third kappa shape index (κ3) is 5.16. The number of rotatable bonds is 10. The summed E-state index contributed by atoms with van der Waals surface area (Å²) in [7, 11) is 0. The lowest BCUT2D eigenvalue weighted by Crippen LogP contribution is -2.47. The maximum atomic E-state index is 9.29. The molecule has 1 unspecified atom stereocenters. The standard InChI is InChI=1S/C21H32N2O3/c1-4-19(16-8-6-5-7-9-16)20(2,3)13-17-12-18(26-23-17)10-11-21(22,14-24)15-25/h5-9,12,19,24-25H,4,10-11,13-15,22H2,1-3H3. The second kappa shape index (κ2) is 8.80. The number of aliphatic hydroxyl groups is 2. The van der Waals surface area contributed by atoms with Crippen molar-refractivity contribution in [1.29, 1.82) is 0 Å². The minimum Gasteiger partial charge on any atom is -0.394 e. The first-order valence-electron chi connectivity index (χ1n) is 9.33. The van der Waals surface area contributed by atoms with E-state index in [0.29, 0.717) is 18.8 Å². The SMILES string of the molecule is CCC(c1ccccc1)C(C)(C)Cc1cc(CCC(N)(CO)CO)on1. The highest BCUT2D eigenvalue weighted by Crippen LogP contribution is 2.40. The van der Waals surface area contributed by atoms with Gasteiger partial charge in [0.05, 0.1) is 24.4 Å². The van der Waals surface area contributed by atoms with Crippen molar-refractivity contribution in [2.75, 3.05) is 13.2 Å². The average Bonchev–Trinajstić information content (AvgIpc) is 3.07. The second-order valence-corrected chi connectivity index (χ2v) is 8.00. The minimum absolute atomic E-state index is 0.0398. The summed E-state index contributed by atoms with van der Waals surface area (Å²) in [6.07, 6.45) is 2.86. The molecule has 5 nitrogen and oxygen atoms in total. The van der Waals surface area contributed by atoms with Crippen LogP contribution in [0.4, 0.5) is 0 Å². The summed E-state index contributed by atoms with van der Waals surface area (Å²) in [5.41, 5.74) is 7.25. The molecule has 2 aromatic rings. The molecule has 1 heterocycles. The van der Waals surface area contributed by atoms with Crippen molar-refractivity contribution in [3.63, 3.8) is 0 Å². The molecule has 0 aliphatic rings. The third-order valence-corrected chi connectivity index (χ3v) is 5.30. The van der Waals surface area contributed by atoms with Crippen molar-refractivity contribution < 1.29 is 14.7 Å². The van der Waals surface area contributed by atoms with Crippen molar-refractivity contribution in [1.82, 2.24) is 5.16 Å². The molecule has 2 rings (SSSR count). The molecule has 1 aromatic carbocycles. The first kappa shape index (κ1) is 20.6. The fraction of sp³-hybridized carbons (Fsp3) is 0.571. The summed E-state index contributed by atoms with van der Waals surface area (Å²) in [5.74, 6) is 1.17. The minimum atomic E-state index is -0.979. The molecule has 26 heavy (non-hydrogen) atoms. The van der Waals surface area contributed by atoms with Crippen molar-refractivity contribution in [2.24, 2.45) is 11.1 Å². The lowest BCUT2D eigenvalue weighted by molar-refractivity contribution is 0.113. The van der Waals surface area contributed by atoms with Gasteiger partial charge >= 0.3 is 0 Å². The fourth-order valence-corrected chi connectivity index (χ4v) is 3.65. The van der Waals surface area contributed by atoms with Gasteiger partial charge in [-0.3, -0.25) is 0 Å². The fourth-order valence-electron chi connectivity index (χ4n) is 3.65. The van der Waals surface area contributed by atoms with E-state index < -0.39 is 5.54 Å². The first-order chi connectivity index (χ1) is 12.3. The molecule has 1 atom stereocenters. The van der Waals surface area contributed by atoms with E-state index in [-0.39, 0.29) is 18.6 Å². The lowest BCUT2D eigenvalue weighted by Gasteiger charge is -2.33. The zero-order valence-electron chi connectivity index (χ0n) is 16.1. The van der Waals surface area contributed by atoms with Crippen LogP contribution in [0.2, 0.25) is 0 Å². The number of aromatic nitrogens is 1. The van der Waals surface area contributed by atoms with Crippen LogP contribution in [-0.4, -0.2) is 34.1 Å². The molecule has 0 saturated heterocycles. The molecule has 0 radical (unpaired) electrons. The lowest BCUT2D eigenvalue weighted by atomic mass is 9.71. The summed E-state index contributed by atoms with van der Waals surface area (Å²) in [6, 6.07) is 12.6. The molecule has 0 bridgehead atoms. The third-order valence-electron chi connectivity index (χ3n) is 5.30. The summed E-state index contributed by atoms with van der Waals surface area (Å²) in [6.45, 7) is 6.24. The largest absolute Gasteiger partial charge is 0.394 e. The van der Waals surface area contributed by atoms with Crippen LogP contribution >= 0.6 is 0 Å². The summed E-state index contributed by atoms with van der Waals surface area (Å²) in [4.78, 5) is 0. The Morgan fingerprint density at radius 2 is 1.81 bits per heavy atom. The van der Waals surface area contributed by atoms with E-state index in [4.69, 9.17) is 10.3 Å². The maximum Gasteiger partial charge on any atom is 0.137 e. The van der Waals surface area contributed by atoms with E-state index >= 15 is 0 Å². The predicted molar refractivity (Wildman–Crippen MR) is 103 cm³/mol. The number of nitrogens with two attached hydrogens (primary N) is 1. The molecule has 0 amide bonds. The van der Waals surface area contributed by atoms with E-state index in [0.717, 1.165) is 24.3 Å². The Hall–Kier alpha value is -1.69. The van der Waals surface area contributed by atoms with E-state index in [1.165, 1.54) is 5.56 Å². The molecule has 4 N–H and O–H groups in total. The van der Waals surface area contributed by atoms with Crippen molar-refractivity contribution in [3.8, 4) is 0 Å². The Kier molecular flexibility index (Phi) is 6.98. The average molecular weight is 360 g/mol. The highest BCUT2D eigenvalue weighted by atomic mass is 16.5. The van der Waals surface area contributed by atoms with Crippen LogP contribution in [0.3, 0.4) is 0 Å². The molecule has 1 aromatic heterocycles. The Morgan fingerprint density at radius 1 is 1.15 bits per heavy atom. The Balaban J connectivity index is 2.04. The van der Waals surface area contributed by atoms with Gasteiger partial charge in [-0.25, -0.2) is 0 Å². The molecular weight excluding hydrogens is 328 g/mol. The molecule has 0 aliphatic heterocycles. The van der Waals surface area contributed by atoms with Crippen LogP contribution < -0.4 is 5.73 Å². The Bertz CT molecular complexity index is 663. The monoisotopic (exact) mass is 360 g/mol. The molecule has 5 heteroatoms. The van der Waals surface area contributed by atoms with Gasteiger partial charge in [-0.05, 0) is 36.2 Å². The number of hydrogen-bond acceptors (Lipinski definition) is 5. The normalized spacial score (nSPS) is 13.8.